The van der Waals surface area contributed by atoms with Gasteiger partial charge in [-0.2, -0.15) is 5.26 Å². The molecule has 0 bridgehead atoms. The highest BCUT2D eigenvalue weighted by Crippen LogP contribution is 2.46. The zero-order valence-electron chi connectivity index (χ0n) is 10.6. The Hall–Kier alpha value is -1.70. The summed E-state index contributed by atoms with van der Waals surface area (Å²) in [5, 5.41) is 23.1. The fourth-order valence-corrected chi connectivity index (χ4v) is 3.49. The Balaban J connectivity index is 2.09. The van der Waals surface area contributed by atoms with Crippen LogP contribution in [0.4, 0.5) is 0 Å². The van der Waals surface area contributed by atoms with Crippen molar-refractivity contribution in [3.63, 3.8) is 0 Å². The third kappa shape index (κ3) is 1.78. The van der Waals surface area contributed by atoms with Gasteiger partial charge in [0.25, 0.3) is 0 Å². The first-order valence-electron chi connectivity index (χ1n) is 6.27. The summed E-state index contributed by atoms with van der Waals surface area (Å²) in [6.45, 7) is 1.91. The molecule has 0 spiro atoms. The number of aliphatic hydroxyl groups is 1. The lowest BCUT2D eigenvalue weighted by atomic mass is 9.77. The third-order valence-corrected chi connectivity index (χ3v) is 4.66. The quantitative estimate of drug-likeness (QED) is 0.913. The number of thiazole rings is 1. The Kier molecular flexibility index (Phi) is 2.89. The molecule has 4 heteroatoms. The lowest BCUT2D eigenvalue weighted by Gasteiger charge is -2.27. The molecule has 19 heavy (non-hydrogen) atoms. The molecule has 1 N–H and O–H groups in total. The van der Waals surface area contributed by atoms with Crippen molar-refractivity contribution >= 4 is 11.3 Å². The number of hydrogen-bond donors (Lipinski definition) is 1. The highest BCUT2D eigenvalue weighted by molar-refractivity contribution is 7.09. The number of fused-ring (bicyclic) bond motifs is 1. The highest BCUT2D eigenvalue weighted by Gasteiger charge is 2.46. The van der Waals surface area contributed by atoms with Gasteiger partial charge in [0.2, 0.25) is 0 Å². The zero-order chi connectivity index (χ0) is 13.5. The van der Waals surface area contributed by atoms with Crippen molar-refractivity contribution < 1.29 is 5.11 Å². The second-order valence-corrected chi connectivity index (χ2v) is 6.00. The Morgan fingerprint density at radius 2 is 2.26 bits per heavy atom. The second kappa shape index (κ2) is 4.44. The normalized spacial score (nSPS) is 22.8. The smallest absolute Gasteiger partial charge is 0.119 e. The van der Waals surface area contributed by atoms with Crippen LogP contribution >= 0.6 is 11.3 Å². The average Bonchev–Trinajstić information content (AvgIpc) is 3.02. The van der Waals surface area contributed by atoms with Gasteiger partial charge in [0.1, 0.15) is 11.5 Å². The molecular formula is C15H14N2OS. The van der Waals surface area contributed by atoms with Crippen molar-refractivity contribution in [2.45, 2.75) is 31.3 Å². The van der Waals surface area contributed by atoms with E-state index in [4.69, 9.17) is 0 Å². The van der Waals surface area contributed by atoms with Crippen LogP contribution in [0.15, 0.2) is 29.6 Å². The molecule has 3 rings (SSSR count). The maximum atomic E-state index is 10.7. The summed E-state index contributed by atoms with van der Waals surface area (Å²) in [4.78, 5) is 4.34. The molecule has 1 aromatic carbocycles. The number of hydrogen-bond acceptors (Lipinski definition) is 4. The molecule has 0 fully saturated rings. The zero-order valence-corrected chi connectivity index (χ0v) is 11.4. The summed E-state index contributed by atoms with van der Waals surface area (Å²) in [5.41, 5.74) is 1.88. The molecule has 1 aromatic heterocycles. The van der Waals surface area contributed by atoms with Crippen LogP contribution < -0.4 is 0 Å². The number of nitriles is 1. The van der Waals surface area contributed by atoms with Crippen molar-refractivity contribution in [1.29, 1.82) is 5.26 Å². The Bertz CT molecular complexity index is 658. The lowest BCUT2D eigenvalue weighted by Crippen LogP contribution is -2.30. The summed E-state index contributed by atoms with van der Waals surface area (Å²) in [6, 6.07) is 10.2. The molecule has 1 aliphatic rings. The van der Waals surface area contributed by atoms with Gasteiger partial charge in [-0.15, -0.1) is 11.3 Å². The van der Waals surface area contributed by atoms with Crippen LogP contribution in [0.2, 0.25) is 0 Å². The van der Waals surface area contributed by atoms with Crippen molar-refractivity contribution in [3.8, 4) is 6.07 Å². The molecule has 0 saturated heterocycles. The number of aromatic nitrogens is 1. The highest BCUT2D eigenvalue weighted by atomic mass is 32.1. The number of aryl methyl sites for hydroxylation is 2. The molecule has 3 nitrogen and oxygen atoms in total. The molecule has 2 unspecified atom stereocenters. The van der Waals surface area contributed by atoms with E-state index in [-0.39, 0.29) is 0 Å². The number of nitrogens with zero attached hydrogens (tertiary/aromatic N) is 2. The molecule has 0 saturated carbocycles. The molecule has 0 amide bonds. The predicted octanol–water partition coefficient (Wildman–Crippen LogP) is 2.89. The number of aliphatic hydroxyl groups excluding tert-OH is 1. The van der Waals surface area contributed by atoms with Crippen LogP contribution in [0.3, 0.4) is 0 Å². The lowest BCUT2D eigenvalue weighted by molar-refractivity contribution is 0.107. The first kappa shape index (κ1) is 12.3. The molecule has 1 heterocycles. The van der Waals surface area contributed by atoms with E-state index in [1.165, 1.54) is 11.3 Å². The van der Waals surface area contributed by atoms with Gasteiger partial charge in [-0.3, -0.25) is 0 Å². The number of rotatable bonds is 2. The van der Waals surface area contributed by atoms with Gasteiger partial charge in [-0.05, 0) is 30.9 Å². The first-order chi connectivity index (χ1) is 9.17. The first-order valence-corrected chi connectivity index (χ1v) is 7.15. The predicted molar refractivity (Wildman–Crippen MR) is 73.9 cm³/mol. The van der Waals surface area contributed by atoms with E-state index >= 15 is 0 Å². The average molecular weight is 270 g/mol. The van der Waals surface area contributed by atoms with E-state index in [2.05, 4.69) is 11.1 Å². The molecule has 2 atom stereocenters. The molecule has 0 radical (unpaired) electrons. The number of benzene rings is 1. The standard InChI is InChI=1S/C15H14N2OS/c1-10-17-13(8-19-10)14(18)15(9-16)7-6-11-4-2-3-5-12(11)15/h2-5,8,14,18H,6-7H2,1H3. The van der Waals surface area contributed by atoms with Crippen molar-refractivity contribution in [2.24, 2.45) is 0 Å². The topological polar surface area (TPSA) is 56.9 Å². The van der Waals surface area contributed by atoms with Crippen molar-refractivity contribution in [3.05, 3.63) is 51.5 Å². The summed E-state index contributed by atoms with van der Waals surface area (Å²) in [5.74, 6) is 0. The maximum Gasteiger partial charge on any atom is 0.119 e. The van der Waals surface area contributed by atoms with Gasteiger partial charge >= 0.3 is 0 Å². The summed E-state index contributed by atoms with van der Waals surface area (Å²) < 4.78 is 0. The minimum atomic E-state index is -0.855. The summed E-state index contributed by atoms with van der Waals surface area (Å²) in [6.07, 6.45) is 0.635. The van der Waals surface area contributed by atoms with E-state index in [1.54, 1.807) is 0 Å². The Morgan fingerprint density at radius 1 is 1.47 bits per heavy atom. The van der Waals surface area contributed by atoms with E-state index in [1.807, 2.05) is 36.6 Å². The second-order valence-electron chi connectivity index (χ2n) is 4.93. The van der Waals surface area contributed by atoms with Crippen molar-refractivity contribution in [1.82, 2.24) is 4.98 Å². The van der Waals surface area contributed by atoms with Crippen LogP contribution in [0.1, 0.15) is 34.4 Å². The SMILES string of the molecule is Cc1nc(C(O)C2(C#N)CCc3ccccc32)cs1. The minimum absolute atomic E-state index is 0.612. The van der Waals surface area contributed by atoms with Gasteiger partial charge in [0.05, 0.1) is 16.8 Å². The molecule has 96 valence electrons. The van der Waals surface area contributed by atoms with E-state index in [0.717, 1.165) is 22.6 Å². The van der Waals surface area contributed by atoms with Crippen LogP contribution in [-0.2, 0) is 11.8 Å². The maximum absolute atomic E-state index is 10.7. The fourth-order valence-electron chi connectivity index (χ4n) is 2.86. The molecule has 1 aliphatic carbocycles. The van der Waals surface area contributed by atoms with Crippen molar-refractivity contribution in [2.75, 3.05) is 0 Å². The van der Waals surface area contributed by atoms with E-state index in [0.29, 0.717) is 12.1 Å². The van der Waals surface area contributed by atoms with Crippen LogP contribution in [0, 0.1) is 18.3 Å². The van der Waals surface area contributed by atoms with Gasteiger partial charge in [-0.25, -0.2) is 4.98 Å². The van der Waals surface area contributed by atoms with Gasteiger partial charge in [-0.1, -0.05) is 24.3 Å². The molecule has 2 aromatic rings. The largest absolute Gasteiger partial charge is 0.385 e. The Labute approximate surface area is 116 Å². The van der Waals surface area contributed by atoms with Crippen LogP contribution in [0.25, 0.3) is 0 Å². The third-order valence-electron chi connectivity index (χ3n) is 3.87. The van der Waals surface area contributed by atoms with E-state index in [9.17, 15) is 10.4 Å². The van der Waals surface area contributed by atoms with Crippen LogP contribution in [-0.4, -0.2) is 10.1 Å². The fraction of sp³-hybridized carbons (Fsp3) is 0.333. The minimum Gasteiger partial charge on any atom is -0.385 e. The van der Waals surface area contributed by atoms with E-state index < -0.39 is 11.5 Å². The summed E-state index contributed by atoms with van der Waals surface area (Å²) in [7, 11) is 0. The van der Waals surface area contributed by atoms with Gasteiger partial charge in [0.15, 0.2) is 0 Å². The monoisotopic (exact) mass is 270 g/mol. The summed E-state index contributed by atoms with van der Waals surface area (Å²) >= 11 is 1.50. The van der Waals surface area contributed by atoms with Gasteiger partial charge in [0, 0.05) is 5.38 Å². The Morgan fingerprint density at radius 3 is 2.95 bits per heavy atom. The van der Waals surface area contributed by atoms with Gasteiger partial charge < -0.3 is 5.11 Å². The molecule has 0 aliphatic heterocycles. The molecular weight excluding hydrogens is 256 g/mol. The van der Waals surface area contributed by atoms with Crippen LogP contribution in [0.5, 0.6) is 0 Å².